The molecule has 0 aliphatic heterocycles. The molecule has 1 heteroatoms. The summed E-state index contributed by atoms with van der Waals surface area (Å²) in [6, 6.07) is 34.2. The third kappa shape index (κ3) is 2.41. The largest absolute Gasteiger partial charge is 0.300 e. The van der Waals surface area contributed by atoms with Crippen LogP contribution in [-0.4, -0.2) is 18.0 Å². The molecule has 0 saturated carbocycles. The predicted molar refractivity (Wildman–Crippen MR) is 129 cm³/mol. The average molecular weight is 402 g/mol. The Morgan fingerprint density at radius 1 is 0.548 bits per heavy atom. The molecule has 31 heavy (non-hydrogen) atoms. The molecule has 0 heterocycles. The molecule has 0 bridgehead atoms. The number of nitrogens with zero attached hydrogens (tertiary/aromatic N) is 1. The van der Waals surface area contributed by atoms with Gasteiger partial charge in [-0.3, -0.25) is 4.90 Å². The van der Waals surface area contributed by atoms with Gasteiger partial charge in [-0.25, -0.2) is 0 Å². The molecule has 0 radical (unpaired) electrons. The number of hydrogen-bond donors (Lipinski definition) is 0. The molecule has 1 spiro atoms. The quantitative estimate of drug-likeness (QED) is 0.311. The smallest absolute Gasteiger partial charge is 0.0725 e. The van der Waals surface area contributed by atoms with Crippen molar-refractivity contribution in [2.75, 3.05) is 13.1 Å². The van der Waals surface area contributed by atoms with Crippen molar-refractivity contribution in [1.29, 1.82) is 0 Å². The molecule has 0 amide bonds. The number of benzene rings is 4. The first kappa shape index (κ1) is 18.6. The van der Waals surface area contributed by atoms with Crippen molar-refractivity contribution < 1.29 is 0 Å². The summed E-state index contributed by atoms with van der Waals surface area (Å²) in [6.07, 6.45) is 0. The lowest BCUT2D eigenvalue weighted by Crippen LogP contribution is -2.26. The molecule has 2 aliphatic rings. The minimum atomic E-state index is -0.215. The Bertz CT molecular complexity index is 1250. The van der Waals surface area contributed by atoms with E-state index in [0.29, 0.717) is 0 Å². The zero-order chi connectivity index (χ0) is 21.0. The van der Waals surface area contributed by atoms with Crippen LogP contribution in [0, 0.1) is 0 Å². The van der Waals surface area contributed by atoms with Crippen molar-refractivity contribution in [2.24, 2.45) is 0 Å². The van der Waals surface area contributed by atoms with Gasteiger partial charge < -0.3 is 0 Å². The van der Waals surface area contributed by atoms with E-state index < -0.39 is 0 Å². The van der Waals surface area contributed by atoms with E-state index in [4.69, 9.17) is 0 Å². The van der Waals surface area contributed by atoms with Crippen LogP contribution >= 0.6 is 0 Å². The zero-order valence-corrected chi connectivity index (χ0v) is 18.2. The van der Waals surface area contributed by atoms with Crippen LogP contribution in [0.1, 0.15) is 41.7 Å². The topological polar surface area (TPSA) is 3.24 Å². The number of rotatable bonds is 4. The maximum absolute atomic E-state index is 2.48. The van der Waals surface area contributed by atoms with E-state index in [1.807, 2.05) is 0 Å². The summed E-state index contributed by atoms with van der Waals surface area (Å²) >= 11 is 0. The third-order valence-electron chi connectivity index (χ3n) is 7.36. The van der Waals surface area contributed by atoms with Gasteiger partial charge in [0.25, 0.3) is 0 Å². The first-order valence-electron chi connectivity index (χ1n) is 11.4. The van der Waals surface area contributed by atoms with Gasteiger partial charge in [-0.15, -0.1) is 0 Å². The van der Waals surface area contributed by atoms with Gasteiger partial charge in [-0.05, 0) is 69.2 Å². The average Bonchev–Trinajstić information content (AvgIpc) is 3.30. The molecule has 0 atom stereocenters. The second kappa shape index (κ2) is 6.93. The summed E-state index contributed by atoms with van der Waals surface area (Å²) in [7, 11) is 0. The van der Waals surface area contributed by atoms with Crippen LogP contribution in [-0.2, 0) is 12.0 Å². The second-order valence-electron chi connectivity index (χ2n) is 8.73. The highest BCUT2D eigenvalue weighted by Crippen LogP contribution is 2.62. The molecule has 0 fully saturated rings. The highest BCUT2D eigenvalue weighted by molar-refractivity contribution is 5.94. The van der Waals surface area contributed by atoms with Gasteiger partial charge in [0.1, 0.15) is 0 Å². The van der Waals surface area contributed by atoms with Crippen LogP contribution in [0.2, 0.25) is 0 Å². The van der Waals surface area contributed by atoms with Crippen LogP contribution in [0.3, 0.4) is 0 Å². The summed E-state index contributed by atoms with van der Waals surface area (Å²) in [5, 5.41) is 0. The SMILES string of the molecule is CCN(CC)Cc1ccc2c(c1)-c1ccccc1C21c2ccccc2-c2ccccc21. The Morgan fingerprint density at radius 2 is 1.00 bits per heavy atom. The minimum Gasteiger partial charge on any atom is -0.300 e. The van der Waals surface area contributed by atoms with Crippen molar-refractivity contribution in [3.63, 3.8) is 0 Å². The van der Waals surface area contributed by atoms with E-state index in [0.717, 1.165) is 19.6 Å². The van der Waals surface area contributed by atoms with Crippen LogP contribution < -0.4 is 0 Å². The van der Waals surface area contributed by atoms with Gasteiger partial charge in [0.05, 0.1) is 5.41 Å². The molecule has 4 aromatic carbocycles. The van der Waals surface area contributed by atoms with Gasteiger partial charge in [0, 0.05) is 6.54 Å². The molecule has 2 aliphatic carbocycles. The minimum absolute atomic E-state index is 0.215. The van der Waals surface area contributed by atoms with Gasteiger partial charge in [0.2, 0.25) is 0 Å². The van der Waals surface area contributed by atoms with Crippen molar-refractivity contribution in [1.82, 2.24) is 4.90 Å². The Morgan fingerprint density at radius 3 is 1.52 bits per heavy atom. The number of fused-ring (bicyclic) bond motifs is 10. The molecule has 1 nitrogen and oxygen atoms in total. The summed E-state index contributed by atoms with van der Waals surface area (Å²) in [5.41, 5.74) is 12.4. The van der Waals surface area contributed by atoms with Gasteiger partial charge >= 0.3 is 0 Å². The molecule has 0 aromatic heterocycles. The van der Waals surface area contributed by atoms with E-state index >= 15 is 0 Å². The fourth-order valence-corrected chi connectivity index (χ4v) is 5.95. The third-order valence-corrected chi connectivity index (χ3v) is 7.36. The van der Waals surface area contributed by atoms with E-state index in [1.54, 1.807) is 0 Å². The fourth-order valence-electron chi connectivity index (χ4n) is 5.95. The predicted octanol–water partition coefficient (Wildman–Crippen LogP) is 6.87. The number of hydrogen-bond acceptors (Lipinski definition) is 1. The van der Waals surface area contributed by atoms with Gasteiger partial charge in [0.15, 0.2) is 0 Å². The summed E-state index contributed by atoms with van der Waals surface area (Å²) in [4.78, 5) is 2.48. The Labute approximate surface area is 185 Å². The van der Waals surface area contributed by atoms with Gasteiger partial charge in [-0.2, -0.15) is 0 Å². The summed E-state index contributed by atoms with van der Waals surface area (Å²) < 4.78 is 0. The van der Waals surface area contributed by atoms with E-state index in [-0.39, 0.29) is 5.41 Å². The van der Waals surface area contributed by atoms with E-state index in [1.165, 1.54) is 50.1 Å². The first-order chi connectivity index (χ1) is 15.3. The first-order valence-corrected chi connectivity index (χ1v) is 11.4. The molecule has 0 saturated heterocycles. The van der Waals surface area contributed by atoms with Crippen LogP contribution in [0.5, 0.6) is 0 Å². The van der Waals surface area contributed by atoms with Crippen molar-refractivity contribution in [2.45, 2.75) is 25.8 Å². The molecule has 0 unspecified atom stereocenters. The zero-order valence-electron chi connectivity index (χ0n) is 18.2. The standard InChI is InChI=1S/C30H27N/c1-3-31(4-2)20-21-17-18-29-25(19-21)24-13-7-10-16-28(24)30(29)26-14-8-5-11-22(26)23-12-6-9-15-27(23)30/h5-19H,3-4,20H2,1-2H3. The van der Waals surface area contributed by atoms with Crippen LogP contribution in [0.25, 0.3) is 22.3 Å². The molecule has 0 N–H and O–H groups in total. The summed E-state index contributed by atoms with van der Waals surface area (Å²) in [5.74, 6) is 0. The Balaban J connectivity index is 1.66. The second-order valence-corrected chi connectivity index (χ2v) is 8.73. The molecule has 6 rings (SSSR count). The lowest BCUT2D eigenvalue weighted by Gasteiger charge is -2.30. The Kier molecular flexibility index (Phi) is 4.16. The maximum atomic E-state index is 2.48. The Hall–Kier alpha value is -3.16. The molecule has 152 valence electrons. The highest BCUT2D eigenvalue weighted by Gasteiger charge is 2.51. The maximum Gasteiger partial charge on any atom is 0.0725 e. The lowest BCUT2D eigenvalue weighted by atomic mass is 9.70. The molecular formula is C30H27N. The van der Waals surface area contributed by atoms with Crippen molar-refractivity contribution in [3.8, 4) is 22.3 Å². The van der Waals surface area contributed by atoms with E-state index in [9.17, 15) is 0 Å². The highest BCUT2D eigenvalue weighted by atomic mass is 15.1. The van der Waals surface area contributed by atoms with Crippen molar-refractivity contribution >= 4 is 0 Å². The van der Waals surface area contributed by atoms with Crippen molar-refractivity contribution in [3.05, 3.63) is 119 Å². The van der Waals surface area contributed by atoms with E-state index in [2.05, 4.69) is 110 Å². The summed E-state index contributed by atoms with van der Waals surface area (Å²) in [6.45, 7) is 7.65. The lowest BCUT2D eigenvalue weighted by molar-refractivity contribution is 0.296. The van der Waals surface area contributed by atoms with Crippen LogP contribution in [0.15, 0.2) is 91.0 Å². The monoisotopic (exact) mass is 401 g/mol. The molecule has 4 aromatic rings. The van der Waals surface area contributed by atoms with Crippen LogP contribution in [0.4, 0.5) is 0 Å². The fraction of sp³-hybridized carbons (Fsp3) is 0.200. The molecular weight excluding hydrogens is 374 g/mol. The van der Waals surface area contributed by atoms with Gasteiger partial charge in [-0.1, -0.05) is 98.8 Å². The normalized spacial score (nSPS) is 14.4.